The van der Waals surface area contributed by atoms with Gasteiger partial charge in [0.05, 0.1) is 10.7 Å². The molecule has 0 bridgehead atoms. The van der Waals surface area contributed by atoms with Crippen LogP contribution in [0, 0.1) is 12.8 Å². The fourth-order valence-corrected chi connectivity index (χ4v) is 4.81. The van der Waals surface area contributed by atoms with Crippen molar-refractivity contribution in [2.45, 2.75) is 63.6 Å². The number of piperazine rings is 1. The molecule has 2 saturated carbocycles. The van der Waals surface area contributed by atoms with Gasteiger partial charge in [0.1, 0.15) is 0 Å². The van der Waals surface area contributed by atoms with Gasteiger partial charge in [0.2, 0.25) is 0 Å². The van der Waals surface area contributed by atoms with E-state index in [4.69, 9.17) is 4.98 Å². The average molecular weight is 291 g/mol. The van der Waals surface area contributed by atoms with E-state index in [1.807, 2.05) is 0 Å². The number of hydrogen-bond acceptors (Lipinski definition) is 4. The van der Waals surface area contributed by atoms with Gasteiger partial charge >= 0.3 is 0 Å². The van der Waals surface area contributed by atoms with Crippen molar-refractivity contribution < 1.29 is 0 Å². The highest BCUT2D eigenvalue weighted by Crippen LogP contribution is 2.41. The molecule has 1 N–H and O–H groups in total. The van der Waals surface area contributed by atoms with Crippen molar-refractivity contribution in [2.75, 3.05) is 13.1 Å². The summed E-state index contributed by atoms with van der Waals surface area (Å²) < 4.78 is 0. The van der Waals surface area contributed by atoms with E-state index in [-0.39, 0.29) is 0 Å². The highest BCUT2D eigenvalue weighted by Gasteiger charge is 2.45. The predicted molar refractivity (Wildman–Crippen MR) is 83.0 cm³/mol. The van der Waals surface area contributed by atoms with E-state index in [0.717, 1.165) is 18.5 Å². The fraction of sp³-hybridized carbons (Fsp3) is 0.812. The molecule has 3 aliphatic rings. The van der Waals surface area contributed by atoms with Gasteiger partial charge in [-0.15, -0.1) is 11.3 Å². The molecule has 3 nitrogen and oxygen atoms in total. The lowest BCUT2D eigenvalue weighted by molar-refractivity contribution is 0.0618. The Labute approximate surface area is 125 Å². The lowest BCUT2D eigenvalue weighted by Crippen LogP contribution is -2.63. The highest BCUT2D eigenvalue weighted by atomic mass is 32.1. The molecule has 20 heavy (non-hydrogen) atoms. The highest BCUT2D eigenvalue weighted by molar-refractivity contribution is 7.09. The van der Waals surface area contributed by atoms with Gasteiger partial charge in [-0.3, -0.25) is 4.90 Å². The molecule has 110 valence electrons. The van der Waals surface area contributed by atoms with Gasteiger partial charge in [-0.2, -0.15) is 0 Å². The van der Waals surface area contributed by atoms with Gasteiger partial charge in [0.15, 0.2) is 0 Å². The Morgan fingerprint density at radius 3 is 2.85 bits per heavy atom. The third kappa shape index (κ3) is 2.53. The Balaban J connectivity index is 1.51. The van der Waals surface area contributed by atoms with Crippen LogP contribution in [0.25, 0.3) is 0 Å². The normalized spacial score (nSPS) is 30.1. The van der Waals surface area contributed by atoms with Crippen LogP contribution in [0.15, 0.2) is 5.38 Å². The van der Waals surface area contributed by atoms with Crippen LogP contribution in [-0.4, -0.2) is 34.6 Å². The average Bonchev–Trinajstić information content (AvgIpc) is 3.05. The van der Waals surface area contributed by atoms with Crippen LogP contribution in [-0.2, 0) is 6.54 Å². The molecular weight excluding hydrogens is 266 g/mol. The van der Waals surface area contributed by atoms with Crippen molar-refractivity contribution in [3.63, 3.8) is 0 Å². The summed E-state index contributed by atoms with van der Waals surface area (Å²) in [5.41, 5.74) is 1.71. The van der Waals surface area contributed by atoms with Crippen LogP contribution in [0.5, 0.6) is 0 Å². The standard InChI is InChI=1S/C16H25N3S/c1-12-18-14(10-20-12)9-19-11-16(6-2-3-7-16)17-8-15(19)13-4-5-13/h10,13,15,17H,2-9,11H2,1H3. The third-order valence-corrected chi connectivity index (χ3v) is 6.24. The SMILES string of the molecule is Cc1nc(CN2CC3(CCCC3)NCC2C2CC2)cs1. The molecule has 0 radical (unpaired) electrons. The lowest BCUT2D eigenvalue weighted by atomic mass is 9.91. The first-order valence-corrected chi connectivity index (χ1v) is 9.02. The van der Waals surface area contributed by atoms with Gasteiger partial charge in [-0.1, -0.05) is 12.8 Å². The molecule has 4 rings (SSSR count). The second-order valence-electron chi connectivity index (χ2n) is 7.04. The summed E-state index contributed by atoms with van der Waals surface area (Å²) in [6, 6.07) is 0.753. The number of thiazole rings is 1. The number of nitrogens with one attached hydrogen (secondary N) is 1. The molecule has 1 spiro atoms. The molecule has 1 aromatic rings. The Bertz CT molecular complexity index is 474. The maximum absolute atomic E-state index is 4.69. The van der Waals surface area contributed by atoms with E-state index in [0.29, 0.717) is 5.54 Å². The molecule has 2 aliphatic carbocycles. The largest absolute Gasteiger partial charge is 0.308 e. The van der Waals surface area contributed by atoms with E-state index >= 15 is 0 Å². The Hall–Kier alpha value is -0.450. The molecular formula is C16H25N3S. The number of aryl methyl sites for hydroxylation is 1. The molecule has 4 heteroatoms. The first-order chi connectivity index (χ1) is 9.74. The van der Waals surface area contributed by atoms with E-state index in [9.17, 15) is 0 Å². The molecule has 1 aliphatic heterocycles. The van der Waals surface area contributed by atoms with Crippen LogP contribution in [0.3, 0.4) is 0 Å². The monoisotopic (exact) mass is 291 g/mol. The minimum Gasteiger partial charge on any atom is -0.308 e. The molecule has 1 aromatic heterocycles. The van der Waals surface area contributed by atoms with Crippen LogP contribution >= 0.6 is 11.3 Å². The summed E-state index contributed by atoms with van der Waals surface area (Å²) >= 11 is 1.79. The Morgan fingerprint density at radius 2 is 2.20 bits per heavy atom. The van der Waals surface area contributed by atoms with Crippen molar-refractivity contribution in [3.8, 4) is 0 Å². The van der Waals surface area contributed by atoms with Gasteiger partial charge in [-0.25, -0.2) is 4.98 Å². The number of rotatable bonds is 3. The molecule has 2 heterocycles. The summed E-state index contributed by atoms with van der Waals surface area (Å²) in [4.78, 5) is 7.45. The smallest absolute Gasteiger partial charge is 0.0897 e. The van der Waals surface area contributed by atoms with Crippen LogP contribution < -0.4 is 5.32 Å². The summed E-state index contributed by atoms with van der Waals surface area (Å²) in [5.74, 6) is 0.945. The van der Waals surface area contributed by atoms with Gasteiger partial charge in [0, 0.05) is 36.6 Å². The van der Waals surface area contributed by atoms with Crippen molar-refractivity contribution in [2.24, 2.45) is 5.92 Å². The summed E-state index contributed by atoms with van der Waals surface area (Å²) in [7, 11) is 0. The minimum absolute atomic E-state index is 0.427. The van der Waals surface area contributed by atoms with Crippen LogP contribution in [0.2, 0.25) is 0 Å². The molecule has 0 aromatic carbocycles. The summed E-state index contributed by atoms with van der Waals surface area (Å²) in [6.45, 7) is 5.62. The van der Waals surface area contributed by atoms with E-state index in [1.165, 1.54) is 62.3 Å². The van der Waals surface area contributed by atoms with E-state index in [2.05, 4.69) is 22.5 Å². The van der Waals surface area contributed by atoms with Crippen molar-refractivity contribution in [1.29, 1.82) is 0 Å². The topological polar surface area (TPSA) is 28.2 Å². The second-order valence-corrected chi connectivity index (χ2v) is 8.10. The first-order valence-electron chi connectivity index (χ1n) is 8.14. The number of aromatic nitrogens is 1. The zero-order chi connectivity index (χ0) is 13.6. The molecule has 1 unspecified atom stereocenters. The third-order valence-electron chi connectivity index (χ3n) is 5.42. The first kappa shape index (κ1) is 13.2. The summed E-state index contributed by atoms with van der Waals surface area (Å²) in [6.07, 6.45) is 8.43. The molecule has 3 fully saturated rings. The predicted octanol–water partition coefficient (Wildman–Crippen LogP) is 2.95. The van der Waals surface area contributed by atoms with Crippen molar-refractivity contribution in [1.82, 2.24) is 15.2 Å². The van der Waals surface area contributed by atoms with Crippen molar-refractivity contribution >= 4 is 11.3 Å². The number of nitrogens with zero attached hydrogens (tertiary/aromatic N) is 2. The molecule has 1 atom stereocenters. The Morgan fingerprint density at radius 1 is 1.40 bits per heavy atom. The molecule has 1 saturated heterocycles. The van der Waals surface area contributed by atoms with E-state index < -0.39 is 0 Å². The molecule has 0 amide bonds. The number of hydrogen-bond donors (Lipinski definition) is 1. The van der Waals surface area contributed by atoms with Crippen LogP contribution in [0.4, 0.5) is 0 Å². The van der Waals surface area contributed by atoms with Gasteiger partial charge < -0.3 is 5.32 Å². The maximum atomic E-state index is 4.69. The fourth-order valence-electron chi connectivity index (χ4n) is 4.21. The minimum atomic E-state index is 0.427. The lowest BCUT2D eigenvalue weighted by Gasteiger charge is -2.46. The Kier molecular flexibility index (Phi) is 3.36. The quantitative estimate of drug-likeness (QED) is 0.928. The maximum Gasteiger partial charge on any atom is 0.0897 e. The summed E-state index contributed by atoms with van der Waals surface area (Å²) in [5, 5.41) is 7.38. The second kappa shape index (κ2) is 5.08. The zero-order valence-corrected chi connectivity index (χ0v) is 13.2. The zero-order valence-electron chi connectivity index (χ0n) is 12.4. The van der Waals surface area contributed by atoms with E-state index in [1.54, 1.807) is 11.3 Å². The van der Waals surface area contributed by atoms with Crippen molar-refractivity contribution in [3.05, 3.63) is 16.1 Å². The van der Waals surface area contributed by atoms with Gasteiger partial charge in [0.25, 0.3) is 0 Å². The van der Waals surface area contributed by atoms with Gasteiger partial charge in [-0.05, 0) is 38.5 Å². The van der Waals surface area contributed by atoms with Crippen LogP contribution in [0.1, 0.15) is 49.2 Å².